The summed E-state index contributed by atoms with van der Waals surface area (Å²) in [6.45, 7) is 4.72. The molecule has 0 bridgehead atoms. The van der Waals surface area contributed by atoms with Gasteiger partial charge in [-0.05, 0) is 48.9 Å². The van der Waals surface area contributed by atoms with Crippen molar-refractivity contribution in [2.75, 3.05) is 25.1 Å². The molecule has 1 aliphatic carbocycles. The van der Waals surface area contributed by atoms with Crippen LogP contribution in [0.3, 0.4) is 0 Å². The Labute approximate surface area is 147 Å². The van der Waals surface area contributed by atoms with E-state index in [0.717, 1.165) is 23.4 Å². The largest absolute Gasteiger partial charge is 0.377 e. The Bertz CT molecular complexity index is 736. The molecule has 0 radical (unpaired) electrons. The van der Waals surface area contributed by atoms with Crippen molar-refractivity contribution in [1.82, 2.24) is 14.7 Å². The SMILES string of the molecule is Cc1cnn(Cc2ccc(NC(=O)N3CCOC[C@@H]3C3CC3)cc2)c1. The highest BCUT2D eigenvalue weighted by molar-refractivity contribution is 5.89. The molecule has 1 aromatic carbocycles. The average molecular weight is 340 g/mol. The number of morpholine rings is 1. The number of hydrogen-bond donors (Lipinski definition) is 1. The van der Waals surface area contributed by atoms with Crippen LogP contribution in [0.15, 0.2) is 36.7 Å². The number of nitrogens with one attached hydrogen (secondary N) is 1. The average Bonchev–Trinajstić information content (AvgIpc) is 3.39. The molecular formula is C19H24N4O2. The minimum absolute atomic E-state index is 0.0179. The van der Waals surface area contributed by atoms with E-state index in [2.05, 4.69) is 10.4 Å². The van der Waals surface area contributed by atoms with E-state index in [1.807, 2.05) is 53.2 Å². The topological polar surface area (TPSA) is 59.4 Å². The first-order chi connectivity index (χ1) is 12.2. The molecule has 1 saturated carbocycles. The summed E-state index contributed by atoms with van der Waals surface area (Å²) in [6, 6.07) is 8.19. The zero-order chi connectivity index (χ0) is 17.2. The number of carbonyl (C=O) groups excluding carboxylic acids is 1. The maximum absolute atomic E-state index is 12.6. The number of urea groups is 1. The van der Waals surface area contributed by atoms with E-state index in [4.69, 9.17) is 4.74 Å². The van der Waals surface area contributed by atoms with Crippen molar-refractivity contribution in [2.45, 2.75) is 32.4 Å². The molecule has 2 aliphatic rings. The fourth-order valence-electron chi connectivity index (χ4n) is 3.38. The minimum atomic E-state index is -0.0179. The van der Waals surface area contributed by atoms with Gasteiger partial charge in [0.05, 0.1) is 32.0 Å². The van der Waals surface area contributed by atoms with E-state index in [-0.39, 0.29) is 12.1 Å². The van der Waals surface area contributed by atoms with Crippen molar-refractivity contribution in [3.63, 3.8) is 0 Å². The lowest BCUT2D eigenvalue weighted by Crippen LogP contribution is -2.51. The van der Waals surface area contributed by atoms with Crippen LogP contribution in [0.4, 0.5) is 10.5 Å². The molecule has 1 atom stereocenters. The highest BCUT2D eigenvalue weighted by atomic mass is 16.5. The summed E-state index contributed by atoms with van der Waals surface area (Å²) >= 11 is 0. The van der Waals surface area contributed by atoms with Gasteiger partial charge in [0, 0.05) is 18.4 Å². The van der Waals surface area contributed by atoms with Crippen LogP contribution in [0.1, 0.15) is 24.0 Å². The third kappa shape index (κ3) is 3.85. The van der Waals surface area contributed by atoms with Crippen molar-refractivity contribution >= 4 is 11.7 Å². The second-order valence-electron chi connectivity index (χ2n) is 7.02. The lowest BCUT2D eigenvalue weighted by molar-refractivity contribution is 0.00773. The number of hydrogen-bond acceptors (Lipinski definition) is 3. The summed E-state index contributed by atoms with van der Waals surface area (Å²) < 4.78 is 7.47. The molecule has 2 amide bonds. The highest BCUT2D eigenvalue weighted by Gasteiger charge is 2.39. The summed E-state index contributed by atoms with van der Waals surface area (Å²) in [7, 11) is 0. The molecule has 2 aromatic rings. The van der Waals surface area contributed by atoms with Crippen LogP contribution in [-0.4, -0.2) is 46.5 Å². The molecule has 1 aromatic heterocycles. The maximum Gasteiger partial charge on any atom is 0.322 e. The maximum atomic E-state index is 12.6. The molecule has 6 nitrogen and oxygen atoms in total. The molecule has 2 fully saturated rings. The van der Waals surface area contributed by atoms with Gasteiger partial charge in [-0.3, -0.25) is 4.68 Å². The van der Waals surface area contributed by atoms with Crippen LogP contribution in [0.5, 0.6) is 0 Å². The normalized spacial score (nSPS) is 20.5. The van der Waals surface area contributed by atoms with E-state index in [0.29, 0.717) is 25.7 Å². The number of anilines is 1. The molecular weight excluding hydrogens is 316 g/mol. The summed E-state index contributed by atoms with van der Waals surface area (Å²) in [6.07, 6.45) is 6.29. The van der Waals surface area contributed by atoms with Crippen molar-refractivity contribution in [3.05, 3.63) is 47.8 Å². The van der Waals surface area contributed by atoms with Gasteiger partial charge in [-0.1, -0.05) is 12.1 Å². The van der Waals surface area contributed by atoms with Gasteiger partial charge in [-0.25, -0.2) is 4.79 Å². The third-order valence-electron chi connectivity index (χ3n) is 4.90. The smallest absolute Gasteiger partial charge is 0.322 e. The zero-order valence-corrected chi connectivity index (χ0v) is 14.5. The first kappa shape index (κ1) is 16.1. The van der Waals surface area contributed by atoms with Crippen LogP contribution >= 0.6 is 0 Å². The van der Waals surface area contributed by atoms with Crippen LogP contribution in [0, 0.1) is 12.8 Å². The summed E-state index contributed by atoms with van der Waals surface area (Å²) in [5.41, 5.74) is 3.13. The highest BCUT2D eigenvalue weighted by Crippen LogP contribution is 2.36. The molecule has 1 aliphatic heterocycles. The molecule has 1 N–H and O–H groups in total. The van der Waals surface area contributed by atoms with Crippen molar-refractivity contribution < 1.29 is 9.53 Å². The zero-order valence-electron chi connectivity index (χ0n) is 14.5. The molecule has 0 spiro atoms. The summed E-state index contributed by atoms with van der Waals surface area (Å²) in [5.74, 6) is 0.617. The van der Waals surface area contributed by atoms with Gasteiger partial charge in [0.15, 0.2) is 0 Å². The van der Waals surface area contributed by atoms with Crippen LogP contribution in [-0.2, 0) is 11.3 Å². The molecule has 4 rings (SSSR count). The molecule has 0 unspecified atom stereocenters. The van der Waals surface area contributed by atoms with Gasteiger partial charge >= 0.3 is 6.03 Å². The predicted octanol–water partition coefficient (Wildman–Crippen LogP) is 2.88. The molecule has 1 saturated heterocycles. The van der Waals surface area contributed by atoms with Gasteiger partial charge in [-0.2, -0.15) is 5.10 Å². The number of nitrogens with zero attached hydrogens (tertiary/aromatic N) is 3. The monoisotopic (exact) mass is 340 g/mol. The van der Waals surface area contributed by atoms with Crippen LogP contribution in [0.2, 0.25) is 0 Å². The molecule has 132 valence electrons. The Morgan fingerprint density at radius 2 is 2.12 bits per heavy atom. The first-order valence-corrected chi connectivity index (χ1v) is 8.92. The quantitative estimate of drug-likeness (QED) is 0.931. The predicted molar refractivity (Wildman–Crippen MR) is 95.6 cm³/mol. The Hall–Kier alpha value is -2.34. The summed E-state index contributed by atoms with van der Waals surface area (Å²) in [5, 5.41) is 7.33. The first-order valence-electron chi connectivity index (χ1n) is 8.92. The van der Waals surface area contributed by atoms with E-state index in [1.54, 1.807) is 0 Å². The van der Waals surface area contributed by atoms with E-state index in [1.165, 1.54) is 12.8 Å². The Balaban J connectivity index is 1.37. The molecule has 2 heterocycles. The van der Waals surface area contributed by atoms with Gasteiger partial charge in [0.1, 0.15) is 0 Å². The fourth-order valence-corrected chi connectivity index (χ4v) is 3.38. The molecule has 25 heavy (non-hydrogen) atoms. The van der Waals surface area contributed by atoms with E-state index >= 15 is 0 Å². The number of carbonyl (C=O) groups is 1. The van der Waals surface area contributed by atoms with Gasteiger partial charge in [0.2, 0.25) is 0 Å². The van der Waals surface area contributed by atoms with Crippen molar-refractivity contribution in [3.8, 4) is 0 Å². The second-order valence-corrected chi connectivity index (χ2v) is 7.02. The number of benzene rings is 1. The Morgan fingerprint density at radius 3 is 2.80 bits per heavy atom. The standard InChI is InChI=1S/C19H24N4O2/c1-14-10-20-22(11-14)12-15-2-6-17(7-3-15)21-19(24)23-8-9-25-13-18(23)16-4-5-16/h2-3,6-7,10-11,16,18H,4-5,8-9,12-13H2,1H3,(H,21,24)/t18-/m1/s1. The second kappa shape index (κ2) is 6.88. The van der Waals surface area contributed by atoms with Crippen molar-refractivity contribution in [2.24, 2.45) is 5.92 Å². The number of aromatic nitrogens is 2. The number of amides is 2. The number of ether oxygens (including phenoxy) is 1. The van der Waals surface area contributed by atoms with E-state index < -0.39 is 0 Å². The summed E-state index contributed by atoms with van der Waals surface area (Å²) in [4.78, 5) is 14.6. The van der Waals surface area contributed by atoms with Gasteiger partial charge in [0.25, 0.3) is 0 Å². The minimum Gasteiger partial charge on any atom is -0.377 e. The number of aryl methyl sites for hydroxylation is 1. The molecule has 6 heteroatoms. The Kier molecular flexibility index (Phi) is 4.44. The fraction of sp³-hybridized carbons (Fsp3) is 0.474. The van der Waals surface area contributed by atoms with Gasteiger partial charge in [-0.15, -0.1) is 0 Å². The van der Waals surface area contributed by atoms with Crippen LogP contribution in [0.25, 0.3) is 0 Å². The third-order valence-corrected chi connectivity index (χ3v) is 4.90. The van der Waals surface area contributed by atoms with Crippen molar-refractivity contribution in [1.29, 1.82) is 0 Å². The van der Waals surface area contributed by atoms with E-state index in [9.17, 15) is 4.79 Å². The lowest BCUT2D eigenvalue weighted by atomic mass is 10.1. The van der Waals surface area contributed by atoms with Gasteiger partial charge < -0.3 is 15.0 Å². The van der Waals surface area contributed by atoms with Crippen LogP contribution < -0.4 is 5.32 Å². The number of rotatable bonds is 4. The Morgan fingerprint density at radius 1 is 1.32 bits per heavy atom. The lowest BCUT2D eigenvalue weighted by Gasteiger charge is -2.35.